The van der Waals surface area contributed by atoms with Gasteiger partial charge in [0.2, 0.25) is 0 Å². The van der Waals surface area contributed by atoms with Crippen LogP contribution in [0.25, 0.3) is 5.65 Å². The summed E-state index contributed by atoms with van der Waals surface area (Å²) >= 11 is 0. The highest BCUT2D eigenvalue weighted by atomic mass is 16.5. The minimum Gasteiger partial charge on any atom is -0.460 e. The van der Waals surface area contributed by atoms with E-state index in [4.69, 9.17) is 31.1 Å². The SMILES string of the molecule is [B]C([B])C(CCC)Oc1nc(N)c2ncc(Cc3cnc(N4CCC(N(C)C)CC4)c(C)c3)n2n1. The number of piperidine rings is 1. The zero-order valence-corrected chi connectivity index (χ0v) is 21.2. The van der Waals surface area contributed by atoms with E-state index in [-0.39, 0.29) is 11.8 Å². The van der Waals surface area contributed by atoms with Crippen LogP contribution in [0.5, 0.6) is 6.01 Å². The monoisotopic (exact) mass is 472 g/mol. The second kappa shape index (κ2) is 10.8. The van der Waals surface area contributed by atoms with Gasteiger partial charge in [-0.2, -0.15) is 4.98 Å². The molecule has 4 heterocycles. The number of fused-ring (bicyclic) bond motifs is 1. The van der Waals surface area contributed by atoms with Crippen molar-refractivity contribution in [3.63, 3.8) is 0 Å². The summed E-state index contributed by atoms with van der Waals surface area (Å²) in [4.78, 5) is 18.2. The number of rotatable bonds is 9. The lowest BCUT2D eigenvalue weighted by molar-refractivity contribution is 0.182. The Morgan fingerprint density at radius 2 is 1.94 bits per heavy atom. The Bertz CT molecular complexity index is 1140. The maximum absolute atomic E-state index is 6.15. The minimum atomic E-state index is -0.640. The van der Waals surface area contributed by atoms with E-state index in [1.54, 1.807) is 10.7 Å². The van der Waals surface area contributed by atoms with Crippen molar-refractivity contribution in [2.45, 2.75) is 63.8 Å². The molecule has 1 fully saturated rings. The third-order valence-corrected chi connectivity index (χ3v) is 6.69. The Labute approximate surface area is 210 Å². The van der Waals surface area contributed by atoms with Crippen LogP contribution >= 0.6 is 0 Å². The average molecular weight is 472 g/mol. The molecule has 1 unspecified atom stereocenters. The fourth-order valence-corrected chi connectivity index (χ4v) is 4.71. The third-order valence-electron chi connectivity index (χ3n) is 6.69. The lowest BCUT2D eigenvalue weighted by atomic mass is 9.66. The molecule has 4 rings (SSSR count). The Balaban J connectivity index is 1.52. The first-order chi connectivity index (χ1) is 16.8. The van der Waals surface area contributed by atoms with E-state index in [1.807, 2.05) is 13.1 Å². The maximum atomic E-state index is 6.15. The summed E-state index contributed by atoms with van der Waals surface area (Å²) < 4.78 is 7.56. The molecule has 0 bridgehead atoms. The molecule has 0 spiro atoms. The van der Waals surface area contributed by atoms with Crippen LogP contribution in [0.1, 0.15) is 49.4 Å². The van der Waals surface area contributed by atoms with Crippen molar-refractivity contribution in [3.05, 3.63) is 35.3 Å². The lowest BCUT2D eigenvalue weighted by Gasteiger charge is -2.36. The van der Waals surface area contributed by atoms with Crippen molar-refractivity contribution in [1.82, 2.24) is 29.5 Å². The first-order valence-electron chi connectivity index (χ1n) is 12.3. The van der Waals surface area contributed by atoms with E-state index >= 15 is 0 Å². The van der Waals surface area contributed by atoms with Crippen LogP contribution in [0.4, 0.5) is 11.6 Å². The smallest absolute Gasteiger partial charge is 0.336 e. The van der Waals surface area contributed by atoms with Gasteiger partial charge in [-0.1, -0.05) is 25.1 Å². The number of anilines is 2. The van der Waals surface area contributed by atoms with Gasteiger partial charge in [0.15, 0.2) is 11.5 Å². The zero-order chi connectivity index (χ0) is 25.1. The number of aryl methyl sites for hydroxylation is 1. The molecule has 182 valence electrons. The number of nitrogens with two attached hydrogens (primary N) is 1. The largest absolute Gasteiger partial charge is 0.460 e. The summed E-state index contributed by atoms with van der Waals surface area (Å²) in [5, 5.41) is 4.53. The van der Waals surface area contributed by atoms with Gasteiger partial charge in [0, 0.05) is 31.7 Å². The van der Waals surface area contributed by atoms with Crippen LogP contribution in [-0.2, 0) is 6.42 Å². The molecule has 0 aromatic carbocycles. The molecule has 0 amide bonds. The third kappa shape index (κ3) is 5.72. The molecule has 1 aliphatic heterocycles. The number of imidazole rings is 1. The van der Waals surface area contributed by atoms with Crippen LogP contribution in [-0.4, -0.2) is 84.5 Å². The van der Waals surface area contributed by atoms with Crippen LogP contribution in [0.3, 0.4) is 0 Å². The summed E-state index contributed by atoms with van der Waals surface area (Å²) in [6, 6.07) is 2.97. The molecule has 1 saturated heterocycles. The molecule has 2 N–H and O–H groups in total. The van der Waals surface area contributed by atoms with Gasteiger partial charge in [-0.25, -0.2) is 14.5 Å². The van der Waals surface area contributed by atoms with Gasteiger partial charge in [-0.3, -0.25) is 0 Å². The molecule has 11 heteroatoms. The summed E-state index contributed by atoms with van der Waals surface area (Å²) in [6.07, 6.45) is 7.77. The molecule has 4 radical (unpaired) electrons. The second-order valence-corrected chi connectivity index (χ2v) is 9.63. The molecular weight excluding hydrogens is 438 g/mol. The molecule has 0 aliphatic carbocycles. The molecular formula is C24H34B2N8O. The summed E-state index contributed by atoms with van der Waals surface area (Å²) in [5.74, 6) is 1.30. The minimum absolute atomic E-state index is 0.138. The van der Waals surface area contributed by atoms with Crippen LogP contribution in [0, 0.1) is 6.92 Å². The molecule has 3 aromatic rings. The van der Waals surface area contributed by atoms with Gasteiger partial charge < -0.3 is 20.3 Å². The van der Waals surface area contributed by atoms with Gasteiger partial charge in [-0.15, -0.1) is 5.10 Å². The first-order valence-corrected chi connectivity index (χ1v) is 12.3. The molecule has 1 atom stereocenters. The number of aromatic nitrogens is 5. The van der Waals surface area contributed by atoms with Gasteiger partial charge in [0.1, 0.15) is 5.82 Å². The number of nitrogen functional groups attached to an aromatic ring is 1. The average Bonchev–Trinajstić information content (AvgIpc) is 3.22. The van der Waals surface area contributed by atoms with Crippen molar-refractivity contribution in [3.8, 4) is 6.01 Å². The zero-order valence-electron chi connectivity index (χ0n) is 21.2. The summed E-state index contributed by atoms with van der Waals surface area (Å²) in [6.45, 7) is 6.20. The van der Waals surface area contributed by atoms with Gasteiger partial charge >= 0.3 is 6.01 Å². The summed E-state index contributed by atoms with van der Waals surface area (Å²) in [7, 11) is 16.0. The normalized spacial score (nSPS) is 15.9. The van der Waals surface area contributed by atoms with E-state index in [0.29, 0.717) is 24.5 Å². The Morgan fingerprint density at radius 3 is 2.57 bits per heavy atom. The topological polar surface area (TPSA) is 97.7 Å². The Kier molecular flexibility index (Phi) is 7.84. The van der Waals surface area contributed by atoms with Crippen LogP contribution < -0.4 is 15.4 Å². The predicted molar refractivity (Wildman–Crippen MR) is 140 cm³/mol. The Hall–Kier alpha value is -2.81. The van der Waals surface area contributed by atoms with Crippen molar-refractivity contribution in [1.29, 1.82) is 0 Å². The quantitative estimate of drug-likeness (QED) is 0.474. The molecule has 9 nitrogen and oxygen atoms in total. The van der Waals surface area contributed by atoms with Gasteiger partial charge in [-0.05, 0) is 51.4 Å². The van der Waals surface area contributed by atoms with Crippen LogP contribution in [0.2, 0.25) is 5.72 Å². The second-order valence-electron chi connectivity index (χ2n) is 9.63. The standard InChI is InChI=1S/C24H34B2N8O/c1-5-6-19(20(25)26)35-24-30-21(27)23-29-14-18(34(23)31-24)12-16-11-15(2)22(28-13-16)33-9-7-17(8-10-33)32(3)4/h11,13-14,17,19-20H,5-10,12H2,1-4H3,(H2,27,30,31). The maximum Gasteiger partial charge on any atom is 0.336 e. The number of ether oxygens (including phenoxy) is 1. The predicted octanol–water partition coefficient (Wildman–Crippen LogP) is 2.16. The molecule has 3 aromatic heterocycles. The highest BCUT2D eigenvalue weighted by molar-refractivity contribution is 6.35. The fraction of sp³-hybridized carbons (Fsp3) is 0.583. The van der Waals surface area contributed by atoms with E-state index in [0.717, 1.165) is 55.0 Å². The van der Waals surface area contributed by atoms with Gasteiger partial charge in [0.05, 0.1) is 33.7 Å². The summed E-state index contributed by atoms with van der Waals surface area (Å²) in [5.41, 5.74) is 9.10. The molecule has 1 aliphatic rings. The van der Waals surface area contributed by atoms with Crippen LogP contribution in [0.15, 0.2) is 18.5 Å². The van der Waals surface area contributed by atoms with E-state index < -0.39 is 11.8 Å². The van der Waals surface area contributed by atoms with Crippen molar-refractivity contribution >= 4 is 33.0 Å². The van der Waals surface area contributed by atoms with Crippen molar-refractivity contribution in [2.75, 3.05) is 37.8 Å². The Morgan fingerprint density at radius 1 is 1.20 bits per heavy atom. The molecule has 0 saturated carbocycles. The molecule has 35 heavy (non-hydrogen) atoms. The number of hydrogen-bond acceptors (Lipinski definition) is 8. The number of pyridine rings is 1. The van der Waals surface area contributed by atoms with Gasteiger partial charge in [0.25, 0.3) is 0 Å². The lowest BCUT2D eigenvalue weighted by Crippen LogP contribution is -2.42. The first kappa shape index (κ1) is 25.3. The van der Waals surface area contributed by atoms with E-state index in [1.165, 1.54) is 0 Å². The number of hydrogen-bond donors (Lipinski definition) is 1. The van der Waals surface area contributed by atoms with E-state index in [2.05, 4.69) is 52.0 Å². The van der Waals surface area contributed by atoms with Crippen molar-refractivity contribution < 1.29 is 4.74 Å². The number of nitrogens with zero attached hydrogens (tertiary/aromatic N) is 7. The fourth-order valence-electron chi connectivity index (χ4n) is 4.71. The highest BCUT2D eigenvalue weighted by Gasteiger charge is 2.23. The highest BCUT2D eigenvalue weighted by Crippen LogP contribution is 2.25. The van der Waals surface area contributed by atoms with Crippen molar-refractivity contribution in [2.24, 2.45) is 0 Å². The van der Waals surface area contributed by atoms with E-state index in [9.17, 15) is 0 Å².